The third-order valence-corrected chi connectivity index (χ3v) is 9.98. The molecule has 0 spiro atoms. The number of aromatic nitrogens is 4. The maximum absolute atomic E-state index is 14.3. The topological polar surface area (TPSA) is 119 Å². The maximum Gasteiger partial charge on any atom is 0.301 e. The second-order valence-corrected chi connectivity index (χ2v) is 13.2. The van der Waals surface area contributed by atoms with Crippen LogP contribution in [-0.4, -0.2) is 49.6 Å². The minimum absolute atomic E-state index is 0.122. The van der Waals surface area contributed by atoms with Crippen molar-refractivity contribution in [1.82, 2.24) is 19.6 Å². The Morgan fingerprint density at radius 1 is 1.02 bits per heavy atom. The van der Waals surface area contributed by atoms with Crippen LogP contribution in [0.1, 0.15) is 61.7 Å². The van der Waals surface area contributed by atoms with E-state index in [1.54, 1.807) is 66.1 Å². The summed E-state index contributed by atoms with van der Waals surface area (Å²) in [6.45, 7) is 6.57. The van der Waals surface area contributed by atoms with Crippen LogP contribution < -0.4 is 14.4 Å². The Kier molecular flexibility index (Phi) is 10.1. The second kappa shape index (κ2) is 14.6. The summed E-state index contributed by atoms with van der Waals surface area (Å²) in [7, 11) is 0. The SMILES string of the molecule is CCCCCOc1ccc(C2C(=C(O)c3c(C)nc4ccccn34)C(=O)C(=O)N2c2nnc(SCc3ccccc3F)s2)cc1OCC. The molecule has 13 heteroatoms. The number of aryl methyl sites for hydroxylation is 1. The summed E-state index contributed by atoms with van der Waals surface area (Å²) in [5, 5.41) is 20.6. The van der Waals surface area contributed by atoms with Crippen molar-refractivity contribution in [3.05, 3.63) is 101 Å². The summed E-state index contributed by atoms with van der Waals surface area (Å²) in [5.41, 5.74) is 2.24. The normalized spacial score (nSPS) is 15.8. The zero-order valence-corrected chi connectivity index (χ0v) is 28.3. The number of hydrogen-bond acceptors (Lipinski definition) is 10. The molecule has 4 heterocycles. The Hall–Kier alpha value is -4.75. The molecular weight excluding hydrogens is 654 g/mol. The van der Waals surface area contributed by atoms with Crippen molar-refractivity contribution in [3.8, 4) is 11.5 Å². The molecule has 5 aromatic rings. The molecule has 1 unspecified atom stereocenters. The largest absolute Gasteiger partial charge is 0.505 e. The van der Waals surface area contributed by atoms with E-state index in [4.69, 9.17) is 9.47 Å². The van der Waals surface area contributed by atoms with Gasteiger partial charge in [-0.2, -0.15) is 0 Å². The van der Waals surface area contributed by atoms with Crippen molar-refractivity contribution in [2.45, 2.75) is 56.2 Å². The third-order valence-electron chi connectivity index (χ3n) is 7.87. The Morgan fingerprint density at radius 3 is 2.62 bits per heavy atom. The fourth-order valence-corrected chi connectivity index (χ4v) is 7.46. The molecule has 0 bridgehead atoms. The summed E-state index contributed by atoms with van der Waals surface area (Å²) in [5.74, 6) is -1.16. The molecule has 248 valence electrons. The van der Waals surface area contributed by atoms with Gasteiger partial charge in [0.25, 0.3) is 5.78 Å². The number of aliphatic hydroxyl groups excluding tert-OH is 1. The number of imidazole rings is 1. The zero-order valence-electron chi connectivity index (χ0n) is 26.7. The van der Waals surface area contributed by atoms with E-state index in [0.717, 1.165) is 30.6 Å². The van der Waals surface area contributed by atoms with Crippen molar-refractivity contribution in [2.24, 2.45) is 0 Å². The summed E-state index contributed by atoms with van der Waals surface area (Å²) >= 11 is 2.37. The van der Waals surface area contributed by atoms with Crippen LogP contribution in [0.15, 0.2) is 76.8 Å². The van der Waals surface area contributed by atoms with Crippen LogP contribution in [-0.2, 0) is 15.3 Å². The molecule has 0 saturated carbocycles. The lowest BCUT2D eigenvalue weighted by atomic mass is 9.96. The van der Waals surface area contributed by atoms with E-state index in [1.807, 2.05) is 13.0 Å². The first-order valence-corrected chi connectivity index (χ1v) is 17.5. The highest BCUT2D eigenvalue weighted by molar-refractivity contribution is 8.00. The number of ether oxygens (including phenoxy) is 2. The number of thioether (sulfide) groups is 1. The van der Waals surface area contributed by atoms with E-state index in [0.29, 0.717) is 63.0 Å². The first-order valence-electron chi connectivity index (χ1n) is 15.7. The minimum Gasteiger partial charge on any atom is -0.505 e. The number of hydrogen-bond donors (Lipinski definition) is 1. The highest BCUT2D eigenvalue weighted by Gasteiger charge is 2.49. The van der Waals surface area contributed by atoms with E-state index in [1.165, 1.54) is 22.7 Å². The fraction of sp³-hybridized carbons (Fsp3) is 0.286. The number of fused-ring (bicyclic) bond motifs is 1. The van der Waals surface area contributed by atoms with Crippen LogP contribution in [0.25, 0.3) is 11.4 Å². The standard InChI is InChI=1S/C35H34FN5O5S2/c1-4-6-11-18-46-25-16-15-22(19-26(25)45-5-2)30-28(31(42)29-21(3)37-27-14-9-10-17-40(27)29)32(43)33(44)41(30)34-38-39-35(48-34)47-20-23-12-7-8-13-24(23)36/h7-10,12-17,19,30,42H,4-6,11,18,20H2,1-3H3. The van der Waals surface area contributed by atoms with E-state index in [2.05, 4.69) is 22.1 Å². The molecule has 6 rings (SSSR count). The monoisotopic (exact) mass is 687 g/mol. The molecule has 2 aromatic carbocycles. The second-order valence-electron chi connectivity index (χ2n) is 11.1. The number of rotatable bonds is 13. The molecule has 0 radical (unpaired) electrons. The van der Waals surface area contributed by atoms with Gasteiger partial charge >= 0.3 is 5.91 Å². The number of nitrogens with zero attached hydrogens (tertiary/aromatic N) is 5. The number of halogens is 1. The lowest BCUT2D eigenvalue weighted by molar-refractivity contribution is -0.132. The van der Waals surface area contributed by atoms with Gasteiger partial charge in [0.05, 0.1) is 30.5 Å². The van der Waals surface area contributed by atoms with Gasteiger partial charge in [0.15, 0.2) is 21.6 Å². The Morgan fingerprint density at radius 2 is 1.83 bits per heavy atom. The van der Waals surface area contributed by atoms with Crippen LogP contribution >= 0.6 is 23.1 Å². The fourth-order valence-electron chi connectivity index (χ4n) is 5.60. The molecule has 0 aliphatic carbocycles. The maximum atomic E-state index is 14.3. The van der Waals surface area contributed by atoms with E-state index < -0.39 is 17.7 Å². The number of pyridine rings is 1. The Labute approximate surface area is 285 Å². The minimum atomic E-state index is -1.08. The number of ketones is 1. The van der Waals surface area contributed by atoms with Crippen LogP contribution in [0.5, 0.6) is 11.5 Å². The average molecular weight is 688 g/mol. The van der Waals surface area contributed by atoms with Crippen LogP contribution in [0.4, 0.5) is 9.52 Å². The van der Waals surface area contributed by atoms with Gasteiger partial charge in [-0.15, -0.1) is 10.2 Å². The van der Waals surface area contributed by atoms with Gasteiger partial charge in [-0.05, 0) is 61.7 Å². The molecule has 1 atom stereocenters. The number of anilines is 1. The molecule has 1 amide bonds. The number of carbonyl (C=O) groups excluding carboxylic acids is 2. The number of benzene rings is 2. The third kappa shape index (κ3) is 6.52. The number of aliphatic hydroxyl groups is 1. The van der Waals surface area contributed by atoms with Crippen LogP contribution in [0.3, 0.4) is 0 Å². The first kappa shape index (κ1) is 33.2. The highest BCUT2D eigenvalue weighted by atomic mass is 32.2. The summed E-state index contributed by atoms with van der Waals surface area (Å²) in [4.78, 5) is 33.6. The van der Waals surface area contributed by atoms with Gasteiger partial charge in [0.1, 0.15) is 17.2 Å². The molecule has 10 nitrogen and oxygen atoms in total. The molecule has 1 aliphatic heterocycles. The molecule has 48 heavy (non-hydrogen) atoms. The molecule has 1 saturated heterocycles. The molecule has 3 aromatic heterocycles. The molecule has 1 aliphatic rings. The molecular formula is C35H34FN5O5S2. The number of unbranched alkanes of at least 4 members (excludes halogenated alkanes) is 2. The zero-order chi connectivity index (χ0) is 33.8. The van der Waals surface area contributed by atoms with E-state index in [-0.39, 0.29) is 22.3 Å². The number of Topliss-reactive ketones (excluding diaryl/α,β-unsaturated/α-hetero) is 1. The first-order chi connectivity index (χ1) is 23.3. The van der Waals surface area contributed by atoms with E-state index >= 15 is 0 Å². The molecule has 1 fully saturated rings. The number of amides is 1. The highest BCUT2D eigenvalue weighted by Crippen LogP contribution is 2.46. The summed E-state index contributed by atoms with van der Waals surface area (Å²) in [6, 6.07) is 16.0. The van der Waals surface area contributed by atoms with Crippen LogP contribution in [0.2, 0.25) is 0 Å². The van der Waals surface area contributed by atoms with Crippen molar-refractivity contribution in [3.63, 3.8) is 0 Å². The van der Waals surface area contributed by atoms with Gasteiger partial charge in [-0.1, -0.05) is 73.2 Å². The van der Waals surface area contributed by atoms with Gasteiger partial charge in [-0.3, -0.25) is 18.9 Å². The van der Waals surface area contributed by atoms with Crippen molar-refractivity contribution in [1.29, 1.82) is 0 Å². The predicted octanol–water partition coefficient (Wildman–Crippen LogP) is 7.52. The summed E-state index contributed by atoms with van der Waals surface area (Å²) in [6.07, 6.45) is 4.70. The van der Waals surface area contributed by atoms with Gasteiger partial charge in [0.2, 0.25) is 5.13 Å². The predicted molar refractivity (Wildman–Crippen MR) is 183 cm³/mol. The smallest absolute Gasteiger partial charge is 0.301 e. The van der Waals surface area contributed by atoms with Crippen LogP contribution in [0, 0.1) is 12.7 Å². The lowest BCUT2D eigenvalue weighted by Gasteiger charge is -2.23. The number of carbonyl (C=O) groups is 2. The van der Waals surface area contributed by atoms with Gasteiger partial charge in [-0.25, -0.2) is 9.37 Å². The van der Waals surface area contributed by atoms with Gasteiger partial charge < -0.3 is 14.6 Å². The van der Waals surface area contributed by atoms with E-state index in [9.17, 15) is 19.1 Å². The van der Waals surface area contributed by atoms with Gasteiger partial charge in [0, 0.05) is 11.9 Å². The Bertz CT molecular complexity index is 2010. The average Bonchev–Trinajstić information content (AvgIpc) is 3.76. The van der Waals surface area contributed by atoms with Crippen molar-refractivity contribution < 1.29 is 28.6 Å². The van der Waals surface area contributed by atoms with Crippen molar-refractivity contribution >= 4 is 51.3 Å². The summed E-state index contributed by atoms with van der Waals surface area (Å²) < 4.78 is 28.4. The van der Waals surface area contributed by atoms with Crippen molar-refractivity contribution in [2.75, 3.05) is 18.1 Å². The molecule has 1 N–H and O–H groups in total. The quantitative estimate of drug-likeness (QED) is 0.0335. The lowest BCUT2D eigenvalue weighted by Crippen LogP contribution is -2.29. The Balaban J connectivity index is 1.44.